The molecule has 4 rings (SSSR count). The van der Waals surface area contributed by atoms with Crippen molar-refractivity contribution in [3.63, 3.8) is 0 Å². The van der Waals surface area contributed by atoms with E-state index in [0.29, 0.717) is 11.1 Å². The molecular formula is C26H22N2O4. The molecule has 0 saturated heterocycles. The molecule has 1 atom stereocenters. The van der Waals surface area contributed by atoms with E-state index in [1.165, 1.54) is 0 Å². The third kappa shape index (κ3) is 4.47. The van der Waals surface area contributed by atoms with Gasteiger partial charge >= 0.3 is 12.1 Å². The zero-order valence-electron chi connectivity index (χ0n) is 17.3. The minimum atomic E-state index is -1.04. The van der Waals surface area contributed by atoms with Crippen molar-refractivity contribution in [3.8, 4) is 17.2 Å². The SMILES string of the molecule is N#Cc1ccccc1C[C@@H](CC(=O)O)NC(=O)OCC1c2ccccc2-c2ccccc21. The number of aliphatic carboxylic acids is 1. The van der Waals surface area contributed by atoms with Crippen LogP contribution in [-0.4, -0.2) is 29.8 Å². The Kier molecular flexibility index (Phi) is 6.18. The summed E-state index contributed by atoms with van der Waals surface area (Å²) < 4.78 is 5.54. The van der Waals surface area contributed by atoms with Crippen LogP contribution in [0.1, 0.15) is 34.6 Å². The van der Waals surface area contributed by atoms with Crippen molar-refractivity contribution in [3.05, 3.63) is 95.1 Å². The third-order valence-corrected chi connectivity index (χ3v) is 5.69. The predicted octanol–water partition coefficient (Wildman–Crippen LogP) is 4.48. The van der Waals surface area contributed by atoms with Crippen LogP contribution >= 0.6 is 0 Å². The fourth-order valence-electron chi connectivity index (χ4n) is 4.26. The zero-order valence-corrected chi connectivity index (χ0v) is 17.3. The van der Waals surface area contributed by atoms with E-state index < -0.39 is 18.1 Å². The highest BCUT2D eigenvalue weighted by Gasteiger charge is 2.29. The van der Waals surface area contributed by atoms with E-state index >= 15 is 0 Å². The van der Waals surface area contributed by atoms with Crippen LogP contribution in [-0.2, 0) is 16.0 Å². The Morgan fingerprint density at radius 2 is 1.56 bits per heavy atom. The molecule has 0 bridgehead atoms. The second-order valence-electron chi connectivity index (χ2n) is 7.74. The summed E-state index contributed by atoms with van der Waals surface area (Å²) in [6.07, 6.45) is -0.725. The normalized spacial score (nSPS) is 12.8. The molecule has 160 valence electrons. The van der Waals surface area contributed by atoms with E-state index in [-0.39, 0.29) is 25.4 Å². The van der Waals surface area contributed by atoms with Gasteiger partial charge in [-0.1, -0.05) is 66.7 Å². The number of hydrogen-bond donors (Lipinski definition) is 2. The Bertz CT molecular complexity index is 1150. The molecule has 6 heteroatoms. The molecule has 1 aliphatic carbocycles. The van der Waals surface area contributed by atoms with Crippen LogP contribution in [0.15, 0.2) is 72.8 Å². The molecule has 1 aliphatic rings. The van der Waals surface area contributed by atoms with Crippen LogP contribution in [0.3, 0.4) is 0 Å². The van der Waals surface area contributed by atoms with Gasteiger partial charge in [0.05, 0.1) is 18.1 Å². The lowest BCUT2D eigenvalue weighted by Crippen LogP contribution is -2.39. The molecule has 0 aromatic heterocycles. The largest absolute Gasteiger partial charge is 0.481 e. The Balaban J connectivity index is 1.45. The summed E-state index contributed by atoms with van der Waals surface area (Å²) in [6, 6.07) is 24.4. The number of nitriles is 1. The summed E-state index contributed by atoms with van der Waals surface area (Å²) in [5, 5.41) is 21.2. The minimum Gasteiger partial charge on any atom is -0.481 e. The van der Waals surface area contributed by atoms with Gasteiger partial charge in [0, 0.05) is 12.0 Å². The second-order valence-corrected chi connectivity index (χ2v) is 7.74. The smallest absolute Gasteiger partial charge is 0.407 e. The lowest BCUT2D eigenvalue weighted by molar-refractivity contribution is -0.137. The van der Waals surface area contributed by atoms with Crippen molar-refractivity contribution in [2.24, 2.45) is 0 Å². The summed E-state index contributed by atoms with van der Waals surface area (Å²) >= 11 is 0. The molecule has 2 N–H and O–H groups in total. The van der Waals surface area contributed by atoms with Crippen molar-refractivity contribution in [2.75, 3.05) is 6.61 Å². The van der Waals surface area contributed by atoms with Crippen molar-refractivity contribution in [1.82, 2.24) is 5.32 Å². The number of carbonyl (C=O) groups excluding carboxylic acids is 1. The van der Waals surface area contributed by atoms with Crippen LogP contribution in [0.2, 0.25) is 0 Å². The van der Waals surface area contributed by atoms with Crippen LogP contribution in [0, 0.1) is 11.3 Å². The molecular weight excluding hydrogens is 404 g/mol. The molecule has 0 fully saturated rings. The fourth-order valence-corrected chi connectivity index (χ4v) is 4.26. The lowest BCUT2D eigenvalue weighted by Gasteiger charge is -2.19. The molecule has 3 aromatic rings. The number of rotatable bonds is 7. The number of nitrogens with zero attached hydrogens (tertiary/aromatic N) is 1. The van der Waals surface area contributed by atoms with Gasteiger partial charge in [-0.25, -0.2) is 4.79 Å². The average Bonchev–Trinajstić information content (AvgIpc) is 3.11. The molecule has 0 aliphatic heterocycles. The van der Waals surface area contributed by atoms with Crippen molar-refractivity contribution in [1.29, 1.82) is 5.26 Å². The van der Waals surface area contributed by atoms with Crippen molar-refractivity contribution >= 4 is 12.1 Å². The molecule has 6 nitrogen and oxygen atoms in total. The maximum atomic E-state index is 12.6. The summed E-state index contributed by atoms with van der Waals surface area (Å²) in [6.45, 7) is 0.147. The Morgan fingerprint density at radius 3 is 2.19 bits per heavy atom. The van der Waals surface area contributed by atoms with E-state index in [9.17, 15) is 20.0 Å². The number of hydrogen-bond acceptors (Lipinski definition) is 4. The molecule has 0 saturated carbocycles. The lowest BCUT2D eigenvalue weighted by atomic mass is 9.98. The molecule has 0 unspecified atom stereocenters. The van der Waals surface area contributed by atoms with E-state index in [0.717, 1.165) is 22.3 Å². The van der Waals surface area contributed by atoms with Gasteiger partial charge in [-0.2, -0.15) is 5.26 Å². The van der Waals surface area contributed by atoms with Gasteiger partial charge < -0.3 is 15.2 Å². The number of carboxylic acid groups (broad SMARTS) is 1. The molecule has 0 spiro atoms. The standard InChI is InChI=1S/C26H22N2O4/c27-15-18-8-2-1-7-17(18)13-19(14-25(29)30)28-26(31)32-16-24-22-11-5-3-9-20(22)21-10-4-6-12-23(21)24/h1-12,19,24H,13-14,16H2,(H,28,31)(H,29,30)/t19-/m0/s1. The third-order valence-electron chi connectivity index (χ3n) is 5.69. The van der Waals surface area contributed by atoms with Gasteiger partial charge in [0.25, 0.3) is 0 Å². The van der Waals surface area contributed by atoms with Gasteiger partial charge in [-0.05, 0) is 40.3 Å². The van der Waals surface area contributed by atoms with E-state index in [1.54, 1.807) is 24.3 Å². The number of amides is 1. The summed E-state index contributed by atoms with van der Waals surface area (Å²) in [5.41, 5.74) is 5.61. The first-order valence-corrected chi connectivity index (χ1v) is 10.4. The predicted molar refractivity (Wildman–Crippen MR) is 119 cm³/mol. The quantitative estimate of drug-likeness (QED) is 0.580. The number of nitrogens with one attached hydrogen (secondary N) is 1. The van der Waals surface area contributed by atoms with Crippen LogP contribution in [0.5, 0.6) is 0 Å². The van der Waals surface area contributed by atoms with Crippen LogP contribution in [0.4, 0.5) is 4.79 Å². The molecule has 1 amide bonds. The maximum absolute atomic E-state index is 12.6. The number of alkyl carbamates (subject to hydrolysis) is 1. The molecule has 0 heterocycles. The zero-order chi connectivity index (χ0) is 22.5. The summed E-state index contributed by atoms with van der Waals surface area (Å²) in [7, 11) is 0. The number of carbonyl (C=O) groups is 2. The first-order chi connectivity index (χ1) is 15.6. The molecule has 32 heavy (non-hydrogen) atoms. The van der Waals surface area contributed by atoms with Gasteiger partial charge in [-0.3, -0.25) is 4.79 Å². The monoisotopic (exact) mass is 426 g/mol. The van der Waals surface area contributed by atoms with Crippen molar-refractivity contribution < 1.29 is 19.4 Å². The van der Waals surface area contributed by atoms with Gasteiger partial charge in [0.2, 0.25) is 0 Å². The van der Waals surface area contributed by atoms with Crippen molar-refractivity contribution in [2.45, 2.75) is 24.8 Å². The molecule has 3 aromatic carbocycles. The van der Waals surface area contributed by atoms with Gasteiger partial charge in [-0.15, -0.1) is 0 Å². The van der Waals surface area contributed by atoms with E-state index in [1.807, 2.05) is 36.4 Å². The van der Waals surface area contributed by atoms with E-state index in [4.69, 9.17) is 4.74 Å². The van der Waals surface area contributed by atoms with Gasteiger partial charge in [0.15, 0.2) is 0 Å². The number of ether oxygens (including phenoxy) is 1. The van der Waals surface area contributed by atoms with E-state index in [2.05, 4.69) is 23.5 Å². The first kappa shape index (κ1) is 21.1. The highest BCUT2D eigenvalue weighted by atomic mass is 16.5. The minimum absolute atomic E-state index is 0.0783. The average molecular weight is 426 g/mol. The highest BCUT2D eigenvalue weighted by molar-refractivity contribution is 5.79. The summed E-state index contributed by atoms with van der Waals surface area (Å²) in [5.74, 6) is -1.12. The maximum Gasteiger partial charge on any atom is 0.407 e. The number of benzene rings is 3. The Hall–Kier alpha value is -4.11. The molecule has 0 radical (unpaired) electrons. The number of fused-ring (bicyclic) bond motifs is 3. The number of carboxylic acids is 1. The van der Waals surface area contributed by atoms with Crippen LogP contribution in [0.25, 0.3) is 11.1 Å². The Labute approximate surface area is 186 Å². The summed E-state index contributed by atoms with van der Waals surface area (Å²) in [4.78, 5) is 23.9. The van der Waals surface area contributed by atoms with Gasteiger partial charge in [0.1, 0.15) is 6.61 Å². The first-order valence-electron chi connectivity index (χ1n) is 10.4. The second kappa shape index (κ2) is 9.36. The van der Waals surface area contributed by atoms with Crippen LogP contribution < -0.4 is 5.32 Å². The Morgan fingerprint density at radius 1 is 0.969 bits per heavy atom. The topological polar surface area (TPSA) is 99.4 Å². The highest BCUT2D eigenvalue weighted by Crippen LogP contribution is 2.44. The fraction of sp³-hybridized carbons (Fsp3) is 0.192.